The lowest BCUT2D eigenvalue weighted by molar-refractivity contribution is -0.140. The molecule has 1 saturated heterocycles. The van der Waals surface area contributed by atoms with E-state index in [0.29, 0.717) is 30.2 Å². The monoisotopic (exact) mass is 602 g/mol. The zero-order valence-corrected chi connectivity index (χ0v) is 24.8. The van der Waals surface area contributed by atoms with Crippen LogP contribution in [0.25, 0.3) is 11.4 Å². The standard InChI is InChI=1S/C27H35ClN8O4S/c1-18(2)14-23(32-41(39,40)30-16-19-8-5-4-6-9-19)27(38)36-13-7-10-24(36)26(37)29-17-20-15-21(28)11-12-22(20)25-31-33-34-35(25)3/h4-6,8-9,11-12,15,18,23-24,30,32H,7,10,13-14,16-17H2,1-3H3,(H,29,37)/t23-,24-/m0/s1. The molecule has 12 nitrogen and oxygen atoms in total. The third-order valence-electron chi connectivity index (χ3n) is 6.83. The SMILES string of the molecule is CC(C)C[C@H](NS(=O)(=O)NCc1ccccc1)C(=O)N1CCC[C@H]1C(=O)NCc1cc(Cl)ccc1-c1nnnn1C. The zero-order valence-electron chi connectivity index (χ0n) is 23.2. The van der Waals surface area contributed by atoms with Crippen LogP contribution in [0.2, 0.25) is 5.02 Å². The van der Waals surface area contributed by atoms with Gasteiger partial charge in [0.05, 0.1) is 0 Å². The van der Waals surface area contributed by atoms with Crippen molar-refractivity contribution in [3.63, 3.8) is 0 Å². The summed E-state index contributed by atoms with van der Waals surface area (Å²) in [6.07, 6.45) is 1.39. The Labute approximate surface area is 245 Å². The Morgan fingerprint density at radius 2 is 1.88 bits per heavy atom. The lowest BCUT2D eigenvalue weighted by atomic mass is 10.0. The molecule has 14 heteroatoms. The van der Waals surface area contributed by atoms with Gasteiger partial charge in [-0.05, 0) is 64.9 Å². The van der Waals surface area contributed by atoms with E-state index in [0.717, 1.165) is 16.7 Å². The Balaban J connectivity index is 1.44. The van der Waals surface area contributed by atoms with Gasteiger partial charge in [-0.2, -0.15) is 17.9 Å². The number of amides is 2. The second-order valence-electron chi connectivity index (χ2n) is 10.4. The molecule has 3 aromatic rings. The van der Waals surface area contributed by atoms with Crippen molar-refractivity contribution >= 4 is 33.6 Å². The van der Waals surface area contributed by atoms with Crippen molar-refractivity contribution in [3.8, 4) is 11.4 Å². The first kappa shape index (κ1) is 30.6. The molecule has 0 radical (unpaired) electrons. The van der Waals surface area contributed by atoms with Crippen LogP contribution in [-0.4, -0.2) is 64.0 Å². The Hall–Kier alpha value is -3.39. The van der Waals surface area contributed by atoms with Gasteiger partial charge < -0.3 is 10.2 Å². The smallest absolute Gasteiger partial charge is 0.277 e. The highest BCUT2D eigenvalue weighted by Gasteiger charge is 2.38. The molecule has 0 spiro atoms. The number of rotatable bonds is 12. The minimum atomic E-state index is -4.00. The summed E-state index contributed by atoms with van der Waals surface area (Å²) in [5.41, 5.74) is 2.23. The second kappa shape index (κ2) is 13.5. The quantitative estimate of drug-likeness (QED) is 0.287. The highest BCUT2D eigenvalue weighted by molar-refractivity contribution is 7.87. The largest absolute Gasteiger partial charge is 0.350 e. The summed E-state index contributed by atoms with van der Waals surface area (Å²) >= 11 is 6.23. The van der Waals surface area contributed by atoms with Gasteiger partial charge in [0.15, 0.2) is 5.82 Å². The van der Waals surface area contributed by atoms with Crippen molar-refractivity contribution in [1.82, 2.24) is 39.9 Å². The summed E-state index contributed by atoms with van der Waals surface area (Å²) in [7, 11) is -2.28. The average Bonchev–Trinajstić information content (AvgIpc) is 3.59. The molecule has 4 rings (SSSR count). The number of tetrazole rings is 1. The summed E-state index contributed by atoms with van der Waals surface area (Å²) in [6, 6.07) is 12.6. The fourth-order valence-electron chi connectivity index (χ4n) is 4.86. The minimum Gasteiger partial charge on any atom is -0.350 e. The number of carbonyl (C=O) groups excluding carboxylic acids is 2. The first-order chi connectivity index (χ1) is 19.5. The summed E-state index contributed by atoms with van der Waals surface area (Å²) < 4.78 is 32.3. The molecule has 2 atom stereocenters. The van der Waals surface area contributed by atoms with Gasteiger partial charge in [0.25, 0.3) is 10.2 Å². The highest BCUT2D eigenvalue weighted by atomic mass is 35.5. The number of likely N-dealkylation sites (tertiary alicyclic amines) is 1. The van der Waals surface area contributed by atoms with Gasteiger partial charge >= 0.3 is 0 Å². The zero-order chi connectivity index (χ0) is 29.6. The molecule has 220 valence electrons. The number of nitrogens with zero attached hydrogens (tertiary/aromatic N) is 5. The Kier molecular flexibility index (Phi) is 10.1. The van der Waals surface area contributed by atoms with E-state index in [9.17, 15) is 18.0 Å². The predicted molar refractivity (Wildman–Crippen MR) is 154 cm³/mol. The van der Waals surface area contributed by atoms with Gasteiger partial charge in [0, 0.05) is 37.3 Å². The molecule has 1 aliphatic heterocycles. The average molecular weight is 603 g/mol. The third-order valence-corrected chi connectivity index (χ3v) is 8.19. The predicted octanol–water partition coefficient (Wildman–Crippen LogP) is 2.18. The van der Waals surface area contributed by atoms with Crippen LogP contribution in [0.3, 0.4) is 0 Å². The number of nitrogens with one attached hydrogen (secondary N) is 3. The van der Waals surface area contributed by atoms with E-state index in [-0.39, 0.29) is 31.3 Å². The van der Waals surface area contributed by atoms with Crippen LogP contribution in [0.15, 0.2) is 48.5 Å². The van der Waals surface area contributed by atoms with Crippen molar-refractivity contribution < 1.29 is 18.0 Å². The Morgan fingerprint density at radius 3 is 2.56 bits per heavy atom. The lowest BCUT2D eigenvalue weighted by Crippen LogP contribution is -2.55. The molecule has 0 saturated carbocycles. The van der Waals surface area contributed by atoms with Gasteiger partial charge in [-0.3, -0.25) is 9.59 Å². The van der Waals surface area contributed by atoms with Crippen molar-refractivity contribution in [2.24, 2.45) is 13.0 Å². The van der Waals surface area contributed by atoms with Crippen molar-refractivity contribution in [2.75, 3.05) is 6.54 Å². The van der Waals surface area contributed by atoms with Gasteiger partial charge in [-0.1, -0.05) is 55.8 Å². The number of benzene rings is 2. The van der Waals surface area contributed by atoms with E-state index in [4.69, 9.17) is 11.6 Å². The van der Waals surface area contributed by atoms with Crippen LogP contribution in [0, 0.1) is 5.92 Å². The van der Waals surface area contributed by atoms with E-state index < -0.39 is 28.2 Å². The van der Waals surface area contributed by atoms with Gasteiger partial charge in [-0.15, -0.1) is 5.10 Å². The fraction of sp³-hybridized carbons (Fsp3) is 0.444. The van der Waals surface area contributed by atoms with E-state index in [1.165, 1.54) is 9.58 Å². The highest BCUT2D eigenvalue weighted by Crippen LogP contribution is 2.25. The molecule has 41 heavy (non-hydrogen) atoms. The molecule has 2 aromatic carbocycles. The summed E-state index contributed by atoms with van der Waals surface area (Å²) in [4.78, 5) is 28.5. The Morgan fingerprint density at radius 1 is 1.12 bits per heavy atom. The van der Waals surface area contributed by atoms with Crippen LogP contribution in [0.4, 0.5) is 0 Å². The van der Waals surface area contributed by atoms with E-state index >= 15 is 0 Å². The summed E-state index contributed by atoms with van der Waals surface area (Å²) in [6.45, 7) is 4.41. The molecular weight excluding hydrogens is 568 g/mol. The first-order valence-electron chi connectivity index (χ1n) is 13.4. The number of hydrogen-bond acceptors (Lipinski definition) is 7. The van der Waals surface area contributed by atoms with Crippen LogP contribution < -0.4 is 14.8 Å². The maximum Gasteiger partial charge on any atom is 0.277 e. The number of hydrogen-bond donors (Lipinski definition) is 3. The molecule has 0 bridgehead atoms. The molecule has 1 fully saturated rings. The summed E-state index contributed by atoms with van der Waals surface area (Å²) in [5.74, 6) is -0.193. The maximum atomic E-state index is 13.7. The molecule has 1 aromatic heterocycles. The van der Waals surface area contributed by atoms with Crippen molar-refractivity contribution in [2.45, 2.75) is 58.3 Å². The maximum absolute atomic E-state index is 13.7. The number of halogens is 1. The van der Waals surface area contributed by atoms with Gasteiger partial charge in [0.1, 0.15) is 12.1 Å². The number of aryl methyl sites for hydroxylation is 1. The van der Waals surface area contributed by atoms with Gasteiger partial charge in [-0.25, -0.2) is 4.68 Å². The van der Waals surface area contributed by atoms with Crippen molar-refractivity contribution in [1.29, 1.82) is 0 Å². The van der Waals surface area contributed by atoms with Crippen molar-refractivity contribution in [3.05, 3.63) is 64.7 Å². The first-order valence-corrected chi connectivity index (χ1v) is 15.3. The lowest BCUT2D eigenvalue weighted by Gasteiger charge is -2.29. The summed E-state index contributed by atoms with van der Waals surface area (Å²) in [5, 5.41) is 15.0. The molecular formula is C27H35ClN8O4S. The van der Waals surface area contributed by atoms with E-state index in [1.54, 1.807) is 25.2 Å². The molecule has 0 unspecified atom stereocenters. The topological polar surface area (TPSA) is 151 Å². The molecule has 1 aliphatic rings. The van der Waals surface area contributed by atoms with E-state index in [1.807, 2.05) is 44.2 Å². The molecule has 0 aliphatic carbocycles. The number of aromatic nitrogens is 4. The van der Waals surface area contributed by atoms with Crippen LogP contribution >= 0.6 is 11.6 Å². The molecule has 3 N–H and O–H groups in total. The van der Waals surface area contributed by atoms with Crippen LogP contribution in [0.1, 0.15) is 44.2 Å². The molecule has 2 heterocycles. The van der Waals surface area contributed by atoms with Crippen LogP contribution in [0.5, 0.6) is 0 Å². The normalized spacial score (nSPS) is 16.2. The minimum absolute atomic E-state index is 0.0343. The third kappa shape index (κ3) is 8.09. The van der Waals surface area contributed by atoms with Gasteiger partial charge in [0.2, 0.25) is 11.8 Å². The fourth-order valence-corrected chi connectivity index (χ4v) is 6.07. The second-order valence-corrected chi connectivity index (χ2v) is 12.4. The van der Waals surface area contributed by atoms with Crippen LogP contribution in [-0.2, 0) is 39.9 Å². The van der Waals surface area contributed by atoms with E-state index in [2.05, 4.69) is 30.3 Å². The Bertz CT molecular complexity index is 1460. The number of carbonyl (C=O) groups is 2. The molecule has 2 amide bonds.